The van der Waals surface area contributed by atoms with Crippen molar-refractivity contribution in [3.8, 4) is 0 Å². The maximum Gasteiger partial charge on any atom is 0.150 e. The van der Waals surface area contributed by atoms with Gasteiger partial charge < -0.3 is 10.4 Å². The molecule has 1 heterocycles. The molecular weight excluding hydrogens is 240 g/mol. The van der Waals surface area contributed by atoms with Gasteiger partial charge in [-0.2, -0.15) is 0 Å². The van der Waals surface area contributed by atoms with Crippen molar-refractivity contribution in [2.45, 2.75) is 37.1 Å². The fraction of sp³-hybridized carbons (Fsp3) is 0.727. The van der Waals surface area contributed by atoms with Gasteiger partial charge in [-0.3, -0.25) is 0 Å². The molecule has 3 nitrogen and oxygen atoms in total. The van der Waals surface area contributed by atoms with Crippen LogP contribution in [0.5, 0.6) is 0 Å². The normalized spacial score (nSPS) is 12.9. The van der Waals surface area contributed by atoms with Crippen molar-refractivity contribution in [1.29, 1.82) is 0 Å². The summed E-state index contributed by atoms with van der Waals surface area (Å²) in [5.74, 6) is 1.01. The first-order chi connectivity index (χ1) is 7.76. The largest absolute Gasteiger partial charge is 0.395 e. The van der Waals surface area contributed by atoms with E-state index in [1.54, 1.807) is 23.1 Å². The Labute approximate surface area is 106 Å². The molecule has 0 bridgehead atoms. The Bertz CT molecular complexity index is 291. The monoisotopic (exact) mass is 260 g/mol. The minimum absolute atomic E-state index is 0.220. The number of aliphatic hydroxyl groups excluding tert-OH is 1. The van der Waals surface area contributed by atoms with Crippen molar-refractivity contribution in [2.75, 3.05) is 18.9 Å². The van der Waals surface area contributed by atoms with E-state index in [9.17, 15) is 0 Å². The van der Waals surface area contributed by atoms with Gasteiger partial charge in [0.1, 0.15) is 4.34 Å². The van der Waals surface area contributed by atoms with Crippen molar-refractivity contribution in [3.63, 3.8) is 0 Å². The summed E-state index contributed by atoms with van der Waals surface area (Å²) in [7, 11) is 0. The third-order valence-corrected chi connectivity index (χ3v) is 4.37. The first-order valence-corrected chi connectivity index (χ1v) is 7.52. The Morgan fingerprint density at radius 3 is 3.00 bits per heavy atom. The molecule has 0 fully saturated rings. The lowest BCUT2D eigenvalue weighted by Gasteiger charge is -2.14. The van der Waals surface area contributed by atoms with E-state index in [-0.39, 0.29) is 12.6 Å². The lowest BCUT2D eigenvalue weighted by molar-refractivity contribution is 0.240. The minimum Gasteiger partial charge on any atom is -0.395 e. The molecule has 0 aliphatic rings. The van der Waals surface area contributed by atoms with E-state index in [1.807, 2.05) is 6.92 Å². The molecule has 5 heteroatoms. The molecule has 16 heavy (non-hydrogen) atoms. The summed E-state index contributed by atoms with van der Waals surface area (Å²) in [6.45, 7) is 5.35. The Balaban J connectivity index is 2.17. The number of aryl methyl sites for hydroxylation is 1. The van der Waals surface area contributed by atoms with E-state index in [0.29, 0.717) is 0 Å². The fourth-order valence-corrected chi connectivity index (χ4v) is 3.27. The minimum atomic E-state index is 0.220. The van der Waals surface area contributed by atoms with Crippen LogP contribution in [0.25, 0.3) is 0 Å². The number of thioether (sulfide) groups is 1. The second-order valence-electron chi connectivity index (χ2n) is 3.73. The number of hydrogen-bond acceptors (Lipinski definition) is 5. The van der Waals surface area contributed by atoms with E-state index in [2.05, 4.69) is 22.6 Å². The van der Waals surface area contributed by atoms with E-state index in [1.165, 1.54) is 0 Å². The first-order valence-electron chi connectivity index (χ1n) is 5.65. The highest BCUT2D eigenvalue weighted by Gasteiger charge is 2.06. The van der Waals surface area contributed by atoms with Crippen LogP contribution in [0.15, 0.2) is 9.72 Å². The van der Waals surface area contributed by atoms with Gasteiger partial charge in [0.15, 0.2) is 0 Å². The number of hydrogen-bond donors (Lipinski definition) is 2. The van der Waals surface area contributed by atoms with Crippen LogP contribution >= 0.6 is 23.1 Å². The molecule has 1 unspecified atom stereocenters. The van der Waals surface area contributed by atoms with Crippen molar-refractivity contribution < 1.29 is 5.11 Å². The average molecular weight is 260 g/mol. The number of aliphatic hydroxyl groups is 1. The van der Waals surface area contributed by atoms with Crippen molar-refractivity contribution >= 4 is 23.1 Å². The number of thiazole rings is 1. The zero-order valence-electron chi connectivity index (χ0n) is 9.90. The third-order valence-electron chi connectivity index (χ3n) is 2.19. The molecule has 1 rings (SSSR count). The second kappa shape index (κ2) is 8.06. The van der Waals surface area contributed by atoms with E-state index < -0.39 is 0 Å². The highest BCUT2D eigenvalue weighted by molar-refractivity contribution is 8.01. The predicted molar refractivity (Wildman–Crippen MR) is 71.4 cm³/mol. The van der Waals surface area contributed by atoms with Crippen LogP contribution in [0.1, 0.15) is 25.5 Å². The number of aromatic nitrogens is 1. The standard InChI is InChI=1S/C11H20N2OS2/c1-3-5-12-10(7-14)4-6-15-11-13-9(2)8-16-11/h8,10,12,14H,3-7H2,1-2H3. The van der Waals surface area contributed by atoms with Gasteiger partial charge in [0.2, 0.25) is 0 Å². The van der Waals surface area contributed by atoms with Crippen molar-refractivity contribution in [1.82, 2.24) is 10.3 Å². The zero-order valence-corrected chi connectivity index (χ0v) is 11.5. The van der Waals surface area contributed by atoms with Gasteiger partial charge in [-0.1, -0.05) is 18.7 Å². The SMILES string of the molecule is CCCNC(CO)CCSc1nc(C)cs1. The summed E-state index contributed by atoms with van der Waals surface area (Å²) in [6, 6.07) is 0.230. The maximum absolute atomic E-state index is 9.17. The van der Waals surface area contributed by atoms with Crippen LogP contribution in [-0.2, 0) is 0 Å². The average Bonchev–Trinajstić information content (AvgIpc) is 2.69. The van der Waals surface area contributed by atoms with Crippen LogP contribution < -0.4 is 5.32 Å². The van der Waals surface area contributed by atoms with Gasteiger partial charge in [0, 0.05) is 22.9 Å². The summed E-state index contributed by atoms with van der Waals surface area (Å²) in [4.78, 5) is 4.39. The van der Waals surface area contributed by atoms with Gasteiger partial charge >= 0.3 is 0 Å². The third kappa shape index (κ3) is 5.30. The molecule has 1 aromatic heterocycles. The van der Waals surface area contributed by atoms with Crippen molar-refractivity contribution in [3.05, 3.63) is 11.1 Å². The fourth-order valence-electron chi connectivity index (χ4n) is 1.29. The Morgan fingerprint density at radius 1 is 1.62 bits per heavy atom. The second-order valence-corrected chi connectivity index (χ2v) is 5.93. The summed E-state index contributed by atoms with van der Waals surface area (Å²) < 4.78 is 1.13. The van der Waals surface area contributed by atoms with E-state index in [0.717, 1.165) is 35.2 Å². The lowest BCUT2D eigenvalue weighted by atomic mass is 10.2. The lowest BCUT2D eigenvalue weighted by Crippen LogP contribution is -2.33. The van der Waals surface area contributed by atoms with Gasteiger partial charge in [0.25, 0.3) is 0 Å². The van der Waals surface area contributed by atoms with E-state index in [4.69, 9.17) is 5.11 Å². The van der Waals surface area contributed by atoms with Crippen LogP contribution in [0.4, 0.5) is 0 Å². The summed E-state index contributed by atoms with van der Waals surface area (Å²) in [5, 5.41) is 14.6. The smallest absolute Gasteiger partial charge is 0.150 e. The molecule has 0 radical (unpaired) electrons. The topological polar surface area (TPSA) is 45.1 Å². The van der Waals surface area contributed by atoms with E-state index >= 15 is 0 Å². The van der Waals surface area contributed by atoms with Gasteiger partial charge in [0.05, 0.1) is 6.61 Å². The Kier molecular flexibility index (Phi) is 7.03. The Hall–Kier alpha value is -0.100. The van der Waals surface area contributed by atoms with Crippen LogP contribution in [0, 0.1) is 6.92 Å². The summed E-state index contributed by atoms with van der Waals surface area (Å²) in [5.41, 5.74) is 1.09. The van der Waals surface area contributed by atoms with Crippen molar-refractivity contribution in [2.24, 2.45) is 0 Å². The van der Waals surface area contributed by atoms with Gasteiger partial charge in [-0.25, -0.2) is 4.98 Å². The first kappa shape index (κ1) is 14.0. The van der Waals surface area contributed by atoms with Gasteiger partial charge in [-0.05, 0) is 26.3 Å². The number of nitrogens with one attached hydrogen (secondary N) is 1. The highest BCUT2D eigenvalue weighted by Crippen LogP contribution is 2.23. The molecule has 0 amide bonds. The van der Waals surface area contributed by atoms with Crippen LogP contribution in [-0.4, -0.2) is 35.0 Å². The molecule has 2 N–H and O–H groups in total. The number of rotatable bonds is 8. The molecular formula is C11H20N2OS2. The molecule has 0 aliphatic heterocycles. The zero-order chi connectivity index (χ0) is 11.8. The molecule has 0 spiro atoms. The number of nitrogens with zero attached hydrogens (tertiary/aromatic N) is 1. The molecule has 0 aliphatic carbocycles. The summed E-state index contributed by atoms with van der Waals surface area (Å²) >= 11 is 3.47. The van der Waals surface area contributed by atoms with Gasteiger partial charge in [-0.15, -0.1) is 11.3 Å². The summed E-state index contributed by atoms with van der Waals surface area (Å²) in [6.07, 6.45) is 2.09. The molecule has 0 saturated carbocycles. The maximum atomic E-state index is 9.17. The molecule has 1 atom stereocenters. The molecule has 0 saturated heterocycles. The van der Waals surface area contributed by atoms with Crippen LogP contribution in [0.2, 0.25) is 0 Å². The Morgan fingerprint density at radius 2 is 2.44 bits per heavy atom. The highest BCUT2D eigenvalue weighted by atomic mass is 32.2. The molecule has 0 aromatic carbocycles. The molecule has 1 aromatic rings. The quantitative estimate of drug-likeness (QED) is 0.704. The molecule has 92 valence electrons. The predicted octanol–water partition coefficient (Wildman–Crippen LogP) is 2.29. The van der Waals surface area contributed by atoms with Crippen LogP contribution in [0.3, 0.4) is 0 Å².